The lowest BCUT2D eigenvalue weighted by atomic mass is 9.96. The molecule has 0 saturated carbocycles. The van der Waals surface area contributed by atoms with E-state index in [4.69, 9.17) is 10.5 Å². The number of ether oxygens (including phenoxy) is 1. The summed E-state index contributed by atoms with van der Waals surface area (Å²) < 4.78 is 5.50. The zero-order valence-corrected chi connectivity index (χ0v) is 10.1. The van der Waals surface area contributed by atoms with Crippen LogP contribution in [0.15, 0.2) is 24.3 Å². The molecular formula is C13H20N2O. The van der Waals surface area contributed by atoms with Gasteiger partial charge in [-0.05, 0) is 31.0 Å². The maximum absolute atomic E-state index is 5.92. The van der Waals surface area contributed by atoms with Crippen LogP contribution < -0.4 is 10.6 Å². The first kappa shape index (κ1) is 11.4. The van der Waals surface area contributed by atoms with Gasteiger partial charge in [0, 0.05) is 25.9 Å². The average Bonchev–Trinajstić information content (AvgIpc) is 2.78. The molecule has 1 aliphatic rings. The predicted octanol–water partition coefficient (Wildman–Crippen LogP) is 1.55. The third-order valence-corrected chi connectivity index (χ3v) is 3.56. The van der Waals surface area contributed by atoms with Gasteiger partial charge in [-0.25, -0.2) is 0 Å². The maximum Gasteiger partial charge on any atom is 0.0775 e. The van der Waals surface area contributed by atoms with Gasteiger partial charge in [0.15, 0.2) is 0 Å². The SMILES string of the molecule is Cc1cccc(N(C)C2(CN)CCOC2)c1. The van der Waals surface area contributed by atoms with Crippen molar-refractivity contribution in [2.24, 2.45) is 5.73 Å². The number of likely N-dealkylation sites (N-methyl/N-ethyl adjacent to an activating group) is 1. The lowest BCUT2D eigenvalue weighted by molar-refractivity contribution is 0.178. The predicted molar refractivity (Wildman–Crippen MR) is 66.8 cm³/mol. The molecule has 0 spiro atoms. The van der Waals surface area contributed by atoms with Crippen LogP contribution in [0.3, 0.4) is 0 Å². The van der Waals surface area contributed by atoms with Crippen LogP contribution in [0.5, 0.6) is 0 Å². The molecule has 0 bridgehead atoms. The van der Waals surface area contributed by atoms with Crippen molar-refractivity contribution in [1.29, 1.82) is 0 Å². The van der Waals surface area contributed by atoms with Gasteiger partial charge in [-0.2, -0.15) is 0 Å². The van der Waals surface area contributed by atoms with Gasteiger partial charge < -0.3 is 15.4 Å². The van der Waals surface area contributed by atoms with Gasteiger partial charge in [-0.15, -0.1) is 0 Å². The van der Waals surface area contributed by atoms with Crippen molar-refractivity contribution in [1.82, 2.24) is 0 Å². The summed E-state index contributed by atoms with van der Waals surface area (Å²) >= 11 is 0. The maximum atomic E-state index is 5.92. The van der Waals surface area contributed by atoms with Crippen LogP contribution in [0.25, 0.3) is 0 Å². The molecule has 2 N–H and O–H groups in total. The molecule has 0 aromatic heterocycles. The second-order valence-corrected chi connectivity index (χ2v) is 4.63. The monoisotopic (exact) mass is 220 g/mol. The van der Waals surface area contributed by atoms with Crippen molar-refractivity contribution in [2.75, 3.05) is 31.7 Å². The molecule has 1 unspecified atom stereocenters. The highest BCUT2D eigenvalue weighted by molar-refractivity contribution is 5.50. The fourth-order valence-corrected chi connectivity index (χ4v) is 2.27. The number of anilines is 1. The number of hydrogen-bond acceptors (Lipinski definition) is 3. The van der Waals surface area contributed by atoms with Gasteiger partial charge in [0.2, 0.25) is 0 Å². The van der Waals surface area contributed by atoms with E-state index >= 15 is 0 Å². The minimum Gasteiger partial charge on any atom is -0.379 e. The van der Waals surface area contributed by atoms with Crippen LogP contribution in [0.4, 0.5) is 5.69 Å². The normalized spacial score (nSPS) is 24.7. The van der Waals surface area contributed by atoms with E-state index in [0.717, 1.165) is 19.6 Å². The molecule has 1 heterocycles. The summed E-state index contributed by atoms with van der Waals surface area (Å²) in [6.07, 6.45) is 1.01. The molecule has 1 aromatic carbocycles. The quantitative estimate of drug-likeness (QED) is 0.840. The van der Waals surface area contributed by atoms with Crippen LogP contribution in [-0.4, -0.2) is 32.3 Å². The molecule has 2 rings (SSSR count). The first-order valence-corrected chi connectivity index (χ1v) is 5.76. The molecule has 1 aromatic rings. The van der Waals surface area contributed by atoms with E-state index < -0.39 is 0 Å². The summed E-state index contributed by atoms with van der Waals surface area (Å²) in [7, 11) is 2.11. The molecule has 1 saturated heterocycles. The average molecular weight is 220 g/mol. The third kappa shape index (κ3) is 1.93. The lowest BCUT2D eigenvalue weighted by Gasteiger charge is -2.38. The van der Waals surface area contributed by atoms with Crippen molar-refractivity contribution in [2.45, 2.75) is 18.9 Å². The van der Waals surface area contributed by atoms with Crippen molar-refractivity contribution in [3.05, 3.63) is 29.8 Å². The summed E-state index contributed by atoms with van der Waals surface area (Å²) in [4.78, 5) is 2.27. The summed E-state index contributed by atoms with van der Waals surface area (Å²) in [5, 5.41) is 0. The van der Waals surface area contributed by atoms with Crippen LogP contribution >= 0.6 is 0 Å². The van der Waals surface area contributed by atoms with Crippen molar-refractivity contribution in [3.8, 4) is 0 Å². The van der Waals surface area contributed by atoms with Crippen molar-refractivity contribution in [3.63, 3.8) is 0 Å². The molecule has 0 radical (unpaired) electrons. The molecular weight excluding hydrogens is 200 g/mol. The molecule has 1 aliphatic heterocycles. The Balaban J connectivity index is 2.26. The Bertz CT molecular complexity index is 359. The molecule has 88 valence electrons. The summed E-state index contributed by atoms with van der Waals surface area (Å²) in [5.41, 5.74) is 8.40. The van der Waals surface area contributed by atoms with Crippen LogP contribution in [0.1, 0.15) is 12.0 Å². The molecule has 1 fully saturated rings. The molecule has 3 nitrogen and oxygen atoms in total. The Morgan fingerprint density at radius 1 is 1.50 bits per heavy atom. The molecule has 0 amide bonds. The number of hydrogen-bond donors (Lipinski definition) is 1. The molecule has 3 heteroatoms. The lowest BCUT2D eigenvalue weighted by Crippen LogP contribution is -2.53. The Kier molecular flexibility index (Phi) is 3.17. The van der Waals surface area contributed by atoms with Gasteiger partial charge in [-0.1, -0.05) is 12.1 Å². The second-order valence-electron chi connectivity index (χ2n) is 4.63. The fraction of sp³-hybridized carbons (Fsp3) is 0.538. The van der Waals surface area contributed by atoms with E-state index in [-0.39, 0.29) is 5.54 Å². The number of nitrogens with two attached hydrogens (primary N) is 1. The first-order valence-electron chi connectivity index (χ1n) is 5.76. The largest absolute Gasteiger partial charge is 0.379 e. The molecule has 1 atom stereocenters. The minimum absolute atomic E-state index is 0.0200. The van der Waals surface area contributed by atoms with E-state index in [0.29, 0.717) is 6.54 Å². The fourth-order valence-electron chi connectivity index (χ4n) is 2.27. The van der Waals surface area contributed by atoms with E-state index in [1.807, 2.05) is 0 Å². The number of benzene rings is 1. The molecule has 0 aliphatic carbocycles. The summed E-state index contributed by atoms with van der Waals surface area (Å²) in [5.74, 6) is 0. The zero-order chi connectivity index (χ0) is 11.6. The van der Waals surface area contributed by atoms with E-state index in [9.17, 15) is 0 Å². The zero-order valence-electron chi connectivity index (χ0n) is 10.1. The van der Waals surface area contributed by atoms with Gasteiger partial charge in [0.05, 0.1) is 12.1 Å². The third-order valence-electron chi connectivity index (χ3n) is 3.56. The van der Waals surface area contributed by atoms with E-state index in [2.05, 4.69) is 43.1 Å². The summed E-state index contributed by atoms with van der Waals surface area (Å²) in [6.45, 7) is 4.29. The highest BCUT2D eigenvalue weighted by Crippen LogP contribution is 2.29. The first-order chi connectivity index (χ1) is 7.68. The highest BCUT2D eigenvalue weighted by atomic mass is 16.5. The standard InChI is InChI=1S/C13H20N2O/c1-11-4-3-5-12(8-11)15(2)13(9-14)6-7-16-10-13/h3-5,8H,6-7,9-10,14H2,1-2H3. The van der Waals surface area contributed by atoms with Gasteiger partial charge in [0.1, 0.15) is 0 Å². The summed E-state index contributed by atoms with van der Waals surface area (Å²) in [6, 6.07) is 8.51. The second kappa shape index (κ2) is 4.44. The number of aryl methyl sites for hydroxylation is 1. The minimum atomic E-state index is -0.0200. The van der Waals surface area contributed by atoms with Crippen LogP contribution in [-0.2, 0) is 4.74 Å². The number of rotatable bonds is 3. The van der Waals surface area contributed by atoms with Gasteiger partial charge >= 0.3 is 0 Å². The smallest absolute Gasteiger partial charge is 0.0775 e. The number of nitrogens with zero attached hydrogens (tertiary/aromatic N) is 1. The van der Waals surface area contributed by atoms with Gasteiger partial charge in [-0.3, -0.25) is 0 Å². The van der Waals surface area contributed by atoms with Crippen molar-refractivity contribution >= 4 is 5.69 Å². The Morgan fingerprint density at radius 3 is 2.88 bits per heavy atom. The highest BCUT2D eigenvalue weighted by Gasteiger charge is 2.37. The van der Waals surface area contributed by atoms with Crippen LogP contribution in [0, 0.1) is 6.92 Å². The van der Waals surface area contributed by atoms with Crippen molar-refractivity contribution < 1.29 is 4.74 Å². The Labute approximate surface area is 97.2 Å². The van der Waals surface area contributed by atoms with E-state index in [1.165, 1.54) is 11.3 Å². The van der Waals surface area contributed by atoms with E-state index in [1.54, 1.807) is 0 Å². The van der Waals surface area contributed by atoms with Crippen LogP contribution in [0.2, 0.25) is 0 Å². The molecule has 16 heavy (non-hydrogen) atoms. The van der Waals surface area contributed by atoms with Gasteiger partial charge in [0.25, 0.3) is 0 Å². The topological polar surface area (TPSA) is 38.5 Å². The Morgan fingerprint density at radius 2 is 2.31 bits per heavy atom. The Hall–Kier alpha value is -1.06.